The third-order valence-electron chi connectivity index (χ3n) is 4.17. The lowest BCUT2D eigenvalue weighted by atomic mass is 10.1. The summed E-state index contributed by atoms with van der Waals surface area (Å²) in [6.45, 7) is 14.4. The van der Waals surface area contributed by atoms with Crippen LogP contribution in [0.15, 0.2) is 4.99 Å². The van der Waals surface area contributed by atoms with Crippen LogP contribution in [0.5, 0.6) is 0 Å². The molecule has 8 heteroatoms. The monoisotopic (exact) mass is 498 g/mol. The average Bonchev–Trinajstić information content (AvgIpc) is 2.57. The van der Waals surface area contributed by atoms with Gasteiger partial charge in [-0.3, -0.25) is 4.99 Å². The molecule has 0 aromatic heterocycles. The predicted octanol–water partition coefficient (Wildman–Crippen LogP) is 3.33. The summed E-state index contributed by atoms with van der Waals surface area (Å²) in [5.74, 6) is 0.889. The number of carbonyl (C=O) groups excluding carboxylic acids is 1. The number of halogens is 1. The fourth-order valence-corrected chi connectivity index (χ4v) is 3.00. The summed E-state index contributed by atoms with van der Waals surface area (Å²) in [6.07, 6.45) is 3.05. The first-order chi connectivity index (χ1) is 12.3. The standard InChI is InChI=1S/C19H38N4O3.HI/c1-7-12-23(18(24)26-19(3,4)5)15-11-21-17(20-6)22-13-9-16(10-14-22)25-8-2;/h16H,7-15H2,1-6H3,(H,20,21);1H. The summed E-state index contributed by atoms with van der Waals surface area (Å²) in [7, 11) is 1.80. The maximum absolute atomic E-state index is 12.3. The zero-order valence-corrected chi connectivity index (χ0v) is 20.2. The Kier molecular flexibility index (Phi) is 13.0. The Balaban J connectivity index is 0.00000676. The molecule has 0 spiro atoms. The first-order valence-electron chi connectivity index (χ1n) is 9.85. The van der Waals surface area contributed by atoms with Gasteiger partial charge in [0.2, 0.25) is 0 Å². The van der Waals surface area contributed by atoms with E-state index in [1.165, 1.54) is 0 Å². The quantitative estimate of drug-likeness (QED) is 0.332. The Morgan fingerprint density at radius 1 is 1.22 bits per heavy atom. The average molecular weight is 498 g/mol. The highest BCUT2D eigenvalue weighted by atomic mass is 127. The van der Waals surface area contributed by atoms with Crippen molar-refractivity contribution in [2.24, 2.45) is 4.99 Å². The number of hydrogen-bond donors (Lipinski definition) is 1. The second-order valence-electron chi connectivity index (χ2n) is 7.58. The topological polar surface area (TPSA) is 66.4 Å². The van der Waals surface area contributed by atoms with Gasteiger partial charge in [-0.15, -0.1) is 24.0 Å². The van der Waals surface area contributed by atoms with Crippen molar-refractivity contribution < 1.29 is 14.3 Å². The number of carbonyl (C=O) groups is 1. The molecule has 0 bridgehead atoms. The zero-order valence-electron chi connectivity index (χ0n) is 17.9. The third kappa shape index (κ3) is 10.4. The predicted molar refractivity (Wildman–Crippen MR) is 121 cm³/mol. The summed E-state index contributed by atoms with van der Waals surface area (Å²) < 4.78 is 11.2. The Morgan fingerprint density at radius 3 is 2.33 bits per heavy atom. The highest BCUT2D eigenvalue weighted by Gasteiger charge is 2.23. The van der Waals surface area contributed by atoms with Gasteiger partial charge < -0.3 is 24.6 Å². The lowest BCUT2D eigenvalue weighted by Gasteiger charge is -2.34. The summed E-state index contributed by atoms with van der Waals surface area (Å²) in [6, 6.07) is 0. The van der Waals surface area contributed by atoms with E-state index < -0.39 is 5.60 Å². The van der Waals surface area contributed by atoms with E-state index in [1.807, 2.05) is 27.7 Å². The van der Waals surface area contributed by atoms with Crippen molar-refractivity contribution in [2.75, 3.05) is 46.4 Å². The van der Waals surface area contributed by atoms with E-state index in [2.05, 4.69) is 22.1 Å². The van der Waals surface area contributed by atoms with Gasteiger partial charge in [-0.25, -0.2) is 4.79 Å². The van der Waals surface area contributed by atoms with Crippen LogP contribution in [0.4, 0.5) is 4.79 Å². The molecule has 1 rings (SSSR count). The summed E-state index contributed by atoms with van der Waals surface area (Å²) >= 11 is 0. The van der Waals surface area contributed by atoms with Crippen LogP contribution in [0.25, 0.3) is 0 Å². The zero-order chi connectivity index (χ0) is 19.6. The molecule has 0 unspecified atom stereocenters. The maximum atomic E-state index is 12.3. The van der Waals surface area contributed by atoms with Crippen molar-refractivity contribution in [1.29, 1.82) is 0 Å². The van der Waals surface area contributed by atoms with Gasteiger partial charge in [0, 0.05) is 46.4 Å². The van der Waals surface area contributed by atoms with E-state index in [4.69, 9.17) is 9.47 Å². The third-order valence-corrected chi connectivity index (χ3v) is 4.17. The maximum Gasteiger partial charge on any atom is 0.410 e. The molecule has 160 valence electrons. The largest absolute Gasteiger partial charge is 0.444 e. The number of ether oxygens (including phenoxy) is 2. The molecule has 1 aliphatic heterocycles. The number of piperidine rings is 1. The molecular formula is C19H39IN4O3. The Hall–Kier alpha value is -0.770. The SMILES string of the molecule is CCCN(CCNC(=NC)N1CCC(OCC)CC1)C(=O)OC(C)(C)C.I. The van der Waals surface area contributed by atoms with E-state index in [1.54, 1.807) is 11.9 Å². The van der Waals surface area contributed by atoms with Crippen LogP contribution in [0.1, 0.15) is 53.9 Å². The molecule has 1 aliphatic rings. The Labute approximate surface area is 182 Å². The van der Waals surface area contributed by atoms with Crippen LogP contribution in [0, 0.1) is 0 Å². The minimum atomic E-state index is -0.475. The molecule has 7 nitrogen and oxygen atoms in total. The van der Waals surface area contributed by atoms with Crippen molar-refractivity contribution in [3.05, 3.63) is 0 Å². The molecule has 0 atom stereocenters. The lowest BCUT2D eigenvalue weighted by Crippen LogP contribution is -2.49. The van der Waals surface area contributed by atoms with Crippen molar-refractivity contribution in [1.82, 2.24) is 15.1 Å². The minimum Gasteiger partial charge on any atom is -0.444 e. The number of guanidine groups is 1. The Morgan fingerprint density at radius 2 is 1.85 bits per heavy atom. The number of nitrogens with zero attached hydrogens (tertiary/aromatic N) is 3. The number of aliphatic imine (C=N–C) groups is 1. The second kappa shape index (κ2) is 13.4. The molecule has 0 saturated carbocycles. The van der Waals surface area contributed by atoms with Gasteiger partial charge >= 0.3 is 6.09 Å². The number of nitrogens with one attached hydrogen (secondary N) is 1. The van der Waals surface area contributed by atoms with E-state index in [9.17, 15) is 4.79 Å². The molecular weight excluding hydrogens is 459 g/mol. The molecule has 0 aromatic rings. The van der Waals surface area contributed by atoms with Crippen LogP contribution in [-0.2, 0) is 9.47 Å². The number of hydrogen-bond acceptors (Lipinski definition) is 4. The Bertz CT molecular complexity index is 447. The smallest absolute Gasteiger partial charge is 0.410 e. The van der Waals surface area contributed by atoms with Gasteiger partial charge in [0.15, 0.2) is 5.96 Å². The lowest BCUT2D eigenvalue weighted by molar-refractivity contribution is 0.0242. The minimum absolute atomic E-state index is 0. The molecule has 1 N–H and O–H groups in total. The molecule has 1 fully saturated rings. The van der Waals surface area contributed by atoms with Crippen molar-refractivity contribution >= 4 is 36.0 Å². The molecule has 1 heterocycles. The van der Waals surface area contributed by atoms with E-state index in [0.29, 0.717) is 25.7 Å². The van der Waals surface area contributed by atoms with Crippen LogP contribution in [0.2, 0.25) is 0 Å². The molecule has 1 amide bonds. The van der Waals surface area contributed by atoms with Crippen molar-refractivity contribution in [2.45, 2.75) is 65.6 Å². The van der Waals surface area contributed by atoms with E-state index in [0.717, 1.165) is 44.9 Å². The van der Waals surface area contributed by atoms with Gasteiger partial charge in [-0.2, -0.15) is 0 Å². The molecule has 0 radical (unpaired) electrons. The number of amides is 1. The summed E-state index contributed by atoms with van der Waals surface area (Å²) in [5.41, 5.74) is -0.475. The molecule has 27 heavy (non-hydrogen) atoms. The van der Waals surface area contributed by atoms with Gasteiger partial charge in [0.1, 0.15) is 5.60 Å². The first-order valence-corrected chi connectivity index (χ1v) is 9.85. The van der Waals surface area contributed by atoms with Gasteiger partial charge in [-0.05, 0) is 47.0 Å². The summed E-state index contributed by atoms with van der Waals surface area (Å²) in [5, 5.41) is 3.38. The van der Waals surface area contributed by atoms with Crippen LogP contribution in [0.3, 0.4) is 0 Å². The summed E-state index contributed by atoms with van der Waals surface area (Å²) in [4.78, 5) is 20.7. The van der Waals surface area contributed by atoms with Crippen LogP contribution < -0.4 is 5.32 Å². The first kappa shape index (κ1) is 26.2. The normalized spacial score (nSPS) is 15.9. The molecule has 1 saturated heterocycles. The fourth-order valence-electron chi connectivity index (χ4n) is 3.00. The van der Waals surface area contributed by atoms with Gasteiger partial charge in [0.05, 0.1) is 6.10 Å². The van der Waals surface area contributed by atoms with Crippen LogP contribution >= 0.6 is 24.0 Å². The number of likely N-dealkylation sites (tertiary alicyclic amines) is 1. The van der Waals surface area contributed by atoms with Gasteiger partial charge in [-0.1, -0.05) is 6.92 Å². The second-order valence-corrected chi connectivity index (χ2v) is 7.58. The van der Waals surface area contributed by atoms with E-state index in [-0.39, 0.29) is 30.1 Å². The van der Waals surface area contributed by atoms with Gasteiger partial charge in [0.25, 0.3) is 0 Å². The fraction of sp³-hybridized carbons (Fsp3) is 0.895. The van der Waals surface area contributed by atoms with Crippen molar-refractivity contribution in [3.63, 3.8) is 0 Å². The molecule has 0 aromatic carbocycles. The van der Waals surface area contributed by atoms with E-state index >= 15 is 0 Å². The highest BCUT2D eigenvalue weighted by molar-refractivity contribution is 14.0. The van der Waals surface area contributed by atoms with Crippen LogP contribution in [-0.4, -0.2) is 79.9 Å². The van der Waals surface area contributed by atoms with Crippen molar-refractivity contribution in [3.8, 4) is 0 Å². The number of rotatable bonds is 7. The highest BCUT2D eigenvalue weighted by Crippen LogP contribution is 2.14. The molecule has 0 aliphatic carbocycles.